The van der Waals surface area contributed by atoms with Crippen molar-refractivity contribution < 1.29 is 4.79 Å². The molecule has 3 heteroatoms. The smallest absolute Gasteiger partial charge is 0.185 e. The number of nitrogens with zero attached hydrogens (tertiary/aromatic N) is 1. The van der Waals surface area contributed by atoms with Crippen LogP contribution in [0.3, 0.4) is 0 Å². The summed E-state index contributed by atoms with van der Waals surface area (Å²) in [4.78, 5) is 15.2. The monoisotopic (exact) mass is 421 g/mol. The van der Waals surface area contributed by atoms with Gasteiger partial charge in [-0.3, -0.25) is 4.79 Å². The fraction of sp³-hybridized carbons (Fsp3) is 0.292. The first kappa shape index (κ1) is 18.2. The van der Waals surface area contributed by atoms with E-state index in [1.165, 1.54) is 48.1 Å². The van der Waals surface area contributed by atoms with Crippen molar-refractivity contribution >= 4 is 27.3 Å². The average Bonchev–Trinajstić information content (AvgIpc) is 2.85. The summed E-state index contributed by atoms with van der Waals surface area (Å²) in [5.74, 6) is 0.0448. The SMILES string of the molecule is O=C(/C=C/C1=C(N2CCCCCC2)Cc2ccccc21)c1cccc(Br)c1. The van der Waals surface area contributed by atoms with Gasteiger partial charge in [-0.05, 0) is 48.3 Å². The van der Waals surface area contributed by atoms with E-state index in [1.54, 1.807) is 6.08 Å². The highest BCUT2D eigenvalue weighted by atomic mass is 79.9. The highest BCUT2D eigenvalue weighted by Gasteiger charge is 2.24. The minimum Gasteiger partial charge on any atom is -0.374 e. The molecule has 0 bridgehead atoms. The summed E-state index contributed by atoms with van der Waals surface area (Å²) < 4.78 is 0.928. The van der Waals surface area contributed by atoms with Gasteiger partial charge in [0.1, 0.15) is 0 Å². The molecule has 0 saturated carbocycles. The van der Waals surface area contributed by atoms with Gasteiger partial charge in [0.2, 0.25) is 0 Å². The van der Waals surface area contributed by atoms with Crippen LogP contribution in [-0.4, -0.2) is 23.8 Å². The third-order valence-corrected chi connectivity index (χ3v) is 5.97. The number of halogens is 1. The molecule has 2 aromatic carbocycles. The largest absolute Gasteiger partial charge is 0.374 e. The molecule has 2 aliphatic rings. The van der Waals surface area contributed by atoms with Gasteiger partial charge in [0, 0.05) is 40.8 Å². The van der Waals surface area contributed by atoms with Gasteiger partial charge in [-0.1, -0.05) is 65.2 Å². The van der Waals surface area contributed by atoms with Gasteiger partial charge >= 0.3 is 0 Å². The Morgan fingerprint density at radius 2 is 1.74 bits per heavy atom. The maximum atomic E-state index is 12.7. The van der Waals surface area contributed by atoms with Gasteiger partial charge in [-0.2, -0.15) is 0 Å². The molecule has 0 aromatic heterocycles. The molecule has 1 fully saturated rings. The summed E-state index contributed by atoms with van der Waals surface area (Å²) >= 11 is 3.45. The Labute approximate surface area is 169 Å². The zero-order chi connectivity index (χ0) is 18.6. The van der Waals surface area contributed by atoms with Crippen LogP contribution in [0.25, 0.3) is 5.57 Å². The number of carbonyl (C=O) groups excluding carboxylic acids is 1. The number of rotatable bonds is 4. The second kappa shape index (κ2) is 8.26. The van der Waals surface area contributed by atoms with Crippen LogP contribution in [0.4, 0.5) is 0 Å². The summed E-state index contributed by atoms with van der Waals surface area (Å²) in [7, 11) is 0. The molecule has 1 saturated heterocycles. The van der Waals surface area contributed by atoms with Crippen molar-refractivity contribution in [2.75, 3.05) is 13.1 Å². The Hall–Kier alpha value is -2.13. The van der Waals surface area contributed by atoms with E-state index >= 15 is 0 Å². The summed E-state index contributed by atoms with van der Waals surface area (Å²) in [5, 5.41) is 0. The quantitative estimate of drug-likeness (QED) is 0.443. The minimum atomic E-state index is 0.0448. The van der Waals surface area contributed by atoms with Crippen molar-refractivity contribution in [3.8, 4) is 0 Å². The number of carbonyl (C=O) groups is 1. The van der Waals surface area contributed by atoms with E-state index in [-0.39, 0.29) is 5.78 Å². The first-order valence-electron chi connectivity index (χ1n) is 9.77. The summed E-state index contributed by atoms with van der Waals surface area (Å²) in [6.45, 7) is 2.25. The van der Waals surface area contributed by atoms with E-state index in [2.05, 4.69) is 45.1 Å². The molecule has 1 heterocycles. The molecular weight excluding hydrogens is 398 g/mol. The van der Waals surface area contributed by atoms with Crippen LogP contribution in [0.2, 0.25) is 0 Å². The topological polar surface area (TPSA) is 20.3 Å². The standard InChI is InChI=1S/C24H24BrNO/c25-20-10-7-9-19(16-20)24(27)13-12-22-21-11-4-3-8-18(21)17-23(22)26-14-5-1-2-6-15-26/h3-4,7-13,16H,1-2,5-6,14-15,17H2/b13-12+. The molecule has 1 aliphatic carbocycles. The third-order valence-electron chi connectivity index (χ3n) is 5.47. The van der Waals surface area contributed by atoms with E-state index in [1.807, 2.05) is 30.3 Å². The van der Waals surface area contributed by atoms with Crippen LogP contribution in [0.1, 0.15) is 47.2 Å². The summed E-state index contributed by atoms with van der Waals surface area (Å²) in [6, 6.07) is 16.2. The van der Waals surface area contributed by atoms with Crippen LogP contribution in [-0.2, 0) is 6.42 Å². The summed E-state index contributed by atoms with van der Waals surface area (Å²) in [5.41, 5.74) is 5.96. The highest BCUT2D eigenvalue weighted by molar-refractivity contribution is 9.10. The molecule has 138 valence electrons. The Bertz CT molecular complexity index is 904. The van der Waals surface area contributed by atoms with Crippen LogP contribution in [0.5, 0.6) is 0 Å². The Morgan fingerprint density at radius 3 is 2.52 bits per heavy atom. The van der Waals surface area contributed by atoms with E-state index < -0.39 is 0 Å². The average molecular weight is 422 g/mol. The van der Waals surface area contributed by atoms with Gasteiger partial charge in [0.25, 0.3) is 0 Å². The van der Waals surface area contributed by atoms with E-state index in [9.17, 15) is 4.79 Å². The molecule has 2 aromatic rings. The van der Waals surface area contributed by atoms with E-state index in [0.29, 0.717) is 5.56 Å². The first-order valence-corrected chi connectivity index (χ1v) is 10.6. The lowest BCUT2D eigenvalue weighted by Crippen LogP contribution is -2.24. The lowest BCUT2D eigenvalue weighted by atomic mass is 10.0. The molecule has 0 N–H and O–H groups in total. The number of hydrogen-bond donors (Lipinski definition) is 0. The van der Waals surface area contributed by atoms with Crippen LogP contribution in [0, 0.1) is 0 Å². The van der Waals surface area contributed by atoms with Crippen molar-refractivity contribution in [2.24, 2.45) is 0 Å². The van der Waals surface area contributed by atoms with E-state index in [0.717, 1.165) is 24.0 Å². The van der Waals surface area contributed by atoms with Crippen molar-refractivity contribution in [2.45, 2.75) is 32.1 Å². The molecular formula is C24H24BrNO. The van der Waals surface area contributed by atoms with Crippen molar-refractivity contribution in [1.29, 1.82) is 0 Å². The van der Waals surface area contributed by atoms with Crippen molar-refractivity contribution in [3.63, 3.8) is 0 Å². The maximum Gasteiger partial charge on any atom is 0.185 e. The molecule has 0 radical (unpaired) electrons. The fourth-order valence-corrected chi connectivity index (χ4v) is 4.47. The number of benzene rings is 2. The molecule has 2 nitrogen and oxygen atoms in total. The third kappa shape index (κ3) is 4.08. The molecule has 27 heavy (non-hydrogen) atoms. The Kier molecular flexibility index (Phi) is 5.58. The zero-order valence-corrected chi connectivity index (χ0v) is 17.0. The van der Waals surface area contributed by atoms with Crippen LogP contribution < -0.4 is 0 Å². The first-order chi connectivity index (χ1) is 13.2. The highest BCUT2D eigenvalue weighted by Crippen LogP contribution is 2.36. The summed E-state index contributed by atoms with van der Waals surface area (Å²) in [6.07, 6.45) is 9.90. The molecule has 4 rings (SSSR count). The predicted octanol–water partition coefficient (Wildman–Crippen LogP) is 6.03. The molecule has 0 atom stereocenters. The minimum absolute atomic E-state index is 0.0448. The van der Waals surface area contributed by atoms with Crippen LogP contribution >= 0.6 is 15.9 Å². The van der Waals surface area contributed by atoms with Crippen LogP contribution in [0.15, 0.2) is 70.9 Å². The van der Waals surface area contributed by atoms with Crippen molar-refractivity contribution in [1.82, 2.24) is 4.90 Å². The van der Waals surface area contributed by atoms with E-state index in [4.69, 9.17) is 0 Å². The van der Waals surface area contributed by atoms with Gasteiger partial charge in [-0.15, -0.1) is 0 Å². The Morgan fingerprint density at radius 1 is 0.963 bits per heavy atom. The van der Waals surface area contributed by atoms with Gasteiger partial charge in [0.05, 0.1) is 0 Å². The number of likely N-dealkylation sites (tertiary alicyclic amines) is 1. The van der Waals surface area contributed by atoms with Gasteiger partial charge < -0.3 is 4.90 Å². The van der Waals surface area contributed by atoms with Crippen molar-refractivity contribution in [3.05, 3.63) is 87.5 Å². The molecule has 0 spiro atoms. The molecule has 0 unspecified atom stereocenters. The fourth-order valence-electron chi connectivity index (χ4n) is 4.07. The maximum absolute atomic E-state index is 12.7. The molecule has 1 aliphatic heterocycles. The zero-order valence-electron chi connectivity index (χ0n) is 15.5. The second-order valence-electron chi connectivity index (χ2n) is 7.30. The molecule has 0 amide bonds. The van der Waals surface area contributed by atoms with Gasteiger partial charge in [0.15, 0.2) is 5.78 Å². The number of hydrogen-bond acceptors (Lipinski definition) is 2. The van der Waals surface area contributed by atoms with Gasteiger partial charge in [-0.25, -0.2) is 0 Å². The number of ketones is 1. The number of allylic oxidation sites excluding steroid dienone is 4. The predicted molar refractivity (Wildman–Crippen MR) is 115 cm³/mol. The number of fused-ring (bicyclic) bond motifs is 1. The normalized spacial score (nSPS) is 17.3. The lowest BCUT2D eigenvalue weighted by molar-refractivity contribution is 0.104. The second-order valence-corrected chi connectivity index (χ2v) is 8.22. The lowest BCUT2D eigenvalue weighted by Gasteiger charge is -2.25. The Balaban J connectivity index is 1.66.